The first-order valence-electron chi connectivity index (χ1n) is 8.19. The summed E-state index contributed by atoms with van der Waals surface area (Å²) in [6.45, 7) is 14.7. The highest BCUT2D eigenvalue weighted by molar-refractivity contribution is 5.79. The van der Waals surface area contributed by atoms with Crippen LogP contribution in [0.2, 0.25) is 0 Å². The van der Waals surface area contributed by atoms with Gasteiger partial charge in [0.25, 0.3) is 0 Å². The van der Waals surface area contributed by atoms with Gasteiger partial charge in [0.05, 0.1) is 6.54 Å². The Morgan fingerprint density at radius 1 is 1.25 bits per heavy atom. The van der Waals surface area contributed by atoms with E-state index in [1.165, 1.54) is 32.5 Å². The van der Waals surface area contributed by atoms with E-state index < -0.39 is 0 Å². The van der Waals surface area contributed by atoms with Gasteiger partial charge in [-0.3, -0.25) is 4.79 Å². The number of nitrogens with one attached hydrogen (secondary N) is 1. The summed E-state index contributed by atoms with van der Waals surface area (Å²) in [5, 5.41) is 2.94. The van der Waals surface area contributed by atoms with Gasteiger partial charge < -0.3 is 15.1 Å². The van der Waals surface area contributed by atoms with Crippen molar-refractivity contribution < 1.29 is 6.22 Å². The second-order valence-electron chi connectivity index (χ2n) is 6.47. The lowest BCUT2D eigenvalue weighted by atomic mass is 9.72. The van der Waals surface area contributed by atoms with E-state index in [0.29, 0.717) is 12.0 Å². The molecule has 0 aromatic heterocycles. The summed E-state index contributed by atoms with van der Waals surface area (Å²) in [7, 11) is 1.83. The van der Waals surface area contributed by atoms with Gasteiger partial charge in [-0.15, -0.1) is 0 Å². The van der Waals surface area contributed by atoms with Gasteiger partial charge in [-0.2, -0.15) is 0 Å². The zero-order valence-corrected chi connectivity index (χ0v) is 14.0. The fourth-order valence-electron chi connectivity index (χ4n) is 3.25. The van der Waals surface area contributed by atoms with Gasteiger partial charge in [0.1, 0.15) is 0 Å². The van der Waals surface area contributed by atoms with Crippen molar-refractivity contribution in [2.45, 2.75) is 40.5 Å². The highest BCUT2D eigenvalue weighted by atomic mass is 16.2. The van der Waals surface area contributed by atoms with Crippen LogP contribution in [-0.4, -0.2) is 62.0 Å². The Labute approximate surface area is 126 Å². The van der Waals surface area contributed by atoms with Crippen LogP contribution in [0, 0.1) is 11.3 Å². The van der Waals surface area contributed by atoms with Gasteiger partial charge in [0.2, 0.25) is 5.91 Å². The molecule has 0 aromatic rings. The maximum absolute atomic E-state index is 11.7. The Morgan fingerprint density at radius 3 is 2.25 bits per heavy atom. The zero-order valence-electron chi connectivity index (χ0n) is 14.0. The van der Waals surface area contributed by atoms with Gasteiger partial charge in [-0.05, 0) is 38.9 Å². The van der Waals surface area contributed by atoms with Crippen molar-refractivity contribution in [2.75, 3.05) is 46.3 Å². The zero-order chi connectivity index (χ0) is 15.2. The molecule has 0 unspecified atom stereocenters. The normalized spacial score (nSPS) is 21.4. The highest BCUT2D eigenvalue weighted by Crippen LogP contribution is 2.40. The van der Waals surface area contributed by atoms with E-state index in [0.717, 1.165) is 19.0 Å². The van der Waals surface area contributed by atoms with E-state index in [1.807, 2.05) is 25.8 Å². The third-order valence-electron chi connectivity index (χ3n) is 4.27. The summed E-state index contributed by atoms with van der Waals surface area (Å²) in [5.74, 6) is 1.02. The number of carbonyl (C=O) groups is 1. The first kappa shape index (κ1) is 17.4. The minimum atomic E-state index is 0. The molecular formula is C16H35N3O. The molecular weight excluding hydrogens is 250 g/mol. The van der Waals surface area contributed by atoms with Crippen molar-refractivity contribution in [1.82, 2.24) is 15.1 Å². The Bertz CT molecular complexity index is 294. The molecule has 120 valence electrons. The van der Waals surface area contributed by atoms with Crippen molar-refractivity contribution in [1.29, 1.82) is 0 Å². The van der Waals surface area contributed by atoms with Crippen molar-refractivity contribution in [3.05, 3.63) is 0 Å². The Kier molecular flexibility index (Phi) is 6.96. The van der Waals surface area contributed by atoms with Crippen LogP contribution in [0.3, 0.4) is 0 Å². The SMILES string of the molecule is CC.CNCC(=O)N1CC2(CCN(CC(C)C)CC2)C1.[HH]. The topological polar surface area (TPSA) is 35.6 Å². The van der Waals surface area contributed by atoms with Crippen LogP contribution >= 0.6 is 0 Å². The average Bonchev–Trinajstić information content (AvgIpc) is 2.39. The summed E-state index contributed by atoms with van der Waals surface area (Å²) < 4.78 is 0. The van der Waals surface area contributed by atoms with E-state index in [-0.39, 0.29) is 7.33 Å². The minimum absolute atomic E-state index is 0. The van der Waals surface area contributed by atoms with Crippen molar-refractivity contribution in [3.8, 4) is 0 Å². The number of rotatable bonds is 4. The number of piperidine rings is 1. The van der Waals surface area contributed by atoms with E-state index in [1.54, 1.807) is 0 Å². The average molecular weight is 285 g/mol. The van der Waals surface area contributed by atoms with Gasteiger partial charge in [0.15, 0.2) is 0 Å². The van der Waals surface area contributed by atoms with Crippen LogP contribution in [0.25, 0.3) is 0 Å². The lowest BCUT2D eigenvalue weighted by Crippen LogP contribution is -2.63. The lowest BCUT2D eigenvalue weighted by molar-refractivity contribution is -0.145. The molecule has 0 aromatic carbocycles. The third kappa shape index (κ3) is 4.45. The van der Waals surface area contributed by atoms with Crippen LogP contribution in [0.5, 0.6) is 0 Å². The molecule has 0 radical (unpaired) electrons. The summed E-state index contributed by atoms with van der Waals surface area (Å²) >= 11 is 0. The molecule has 4 heteroatoms. The molecule has 0 bridgehead atoms. The molecule has 20 heavy (non-hydrogen) atoms. The second-order valence-corrected chi connectivity index (χ2v) is 6.47. The molecule has 2 heterocycles. The van der Waals surface area contributed by atoms with Crippen molar-refractivity contribution >= 4 is 5.91 Å². The van der Waals surface area contributed by atoms with Gasteiger partial charge in [0, 0.05) is 26.5 Å². The molecule has 1 N–H and O–H groups in total. The molecule has 0 aliphatic carbocycles. The molecule has 1 amide bonds. The number of likely N-dealkylation sites (tertiary alicyclic amines) is 2. The Hall–Kier alpha value is -0.610. The minimum Gasteiger partial charge on any atom is -0.340 e. The molecule has 2 fully saturated rings. The fraction of sp³-hybridized carbons (Fsp3) is 0.938. The molecule has 1 spiro atoms. The molecule has 0 saturated carbocycles. The lowest BCUT2D eigenvalue weighted by Gasteiger charge is -2.54. The Balaban J connectivity index is 0.00000128. The highest BCUT2D eigenvalue weighted by Gasteiger charge is 2.46. The van der Waals surface area contributed by atoms with E-state index in [9.17, 15) is 4.79 Å². The van der Waals surface area contributed by atoms with Gasteiger partial charge >= 0.3 is 0 Å². The largest absolute Gasteiger partial charge is 0.340 e. The van der Waals surface area contributed by atoms with Crippen LogP contribution in [0.15, 0.2) is 0 Å². The molecule has 0 atom stereocenters. The molecule has 4 nitrogen and oxygen atoms in total. The van der Waals surface area contributed by atoms with Crippen molar-refractivity contribution in [2.24, 2.45) is 11.3 Å². The number of hydrogen-bond donors (Lipinski definition) is 1. The standard InChI is InChI=1S/C14H27N3O.C2H6.H2/c1-12(2)9-16-6-4-14(5-7-16)10-17(11-14)13(18)8-15-3;1-2;/h12,15H,4-11H2,1-3H3;1-2H3;1H. The summed E-state index contributed by atoms with van der Waals surface area (Å²) in [5.41, 5.74) is 0.455. The maximum atomic E-state index is 11.7. The number of nitrogens with zero attached hydrogens (tertiary/aromatic N) is 2. The predicted octanol–water partition coefficient (Wildman–Crippen LogP) is 2.06. The van der Waals surface area contributed by atoms with E-state index in [4.69, 9.17) is 0 Å². The molecule has 2 rings (SSSR count). The number of carbonyl (C=O) groups excluding carboxylic acids is 1. The first-order valence-corrected chi connectivity index (χ1v) is 8.19. The van der Waals surface area contributed by atoms with E-state index in [2.05, 4.69) is 24.1 Å². The van der Waals surface area contributed by atoms with Crippen molar-refractivity contribution in [3.63, 3.8) is 0 Å². The molecule has 2 aliphatic rings. The summed E-state index contributed by atoms with van der Waals surface area (Å²) in [4.78, 5) is 16.3. The van der Waals surface area contributed by atoms with Crippen LogP contribution in [-0.2, 0) is 4.79 Å². The van der Waals surface area contributed by atoms with Crippen LogP contribution in [0.1, 0.15) is 42.0 Å². The molecule has 2 saturated heterocycles. The smallest absolute Gasteiger partial charge is 0.236 e. The first-order chi connectivity index (χ1) is 9.54. The summed E-state index contributed by atoms with van der Waals surface area (Å²) in [6.07, 6.45) is 2.53. The third-order valence-corrected chi connectivity index (χ3v) is 4.27. The fourth-order valence-corrected chi connectivity index (χ4v) is 3.25. The number of likely N-dealkylation sites (N-methyl/N-ethyl adjacent to an activating group) is 1. The van der Waals surface area contributed by atoms with Crippen LogP contribution < -0.4 is 5.32 Å². The Morgan fingerprint density at radius 2 is 1.80 bits per heavy atom. The summed E-state index contributed by atoms with van der Waals surface area (Å²) in [6, 6.07) is 0. The van der Waals surface area contributed by atoms with Crippen LogP contribution in [0.4, 0.5) is 0 Å². The molecule has 2 aliphatic heterocycles. The predicted molar refractivity (Wildman–Crippen MR) is 86.9 cm³/mol. The number of hydrogen-bond acceptors (Lipinski definition) is 3. The van der Waals surface area contributed by atoms with Gasteiger partial charge in [-0.25, -0.2) is 0 Å². The number of amides is 1. The van der Waals surface area contributed by atoms with Gasteiger partial charge in [-0.1, -0.05) is 27.7 Å². The van der Waals surface area contributed by atoms with E-state index >= 15 is 0 Å². The monoisotopic (exact) mass is 285 g/mol. The quantitative estimate of drug-likeness (QED) is 0.859. The second kappa shape index (κ2) is 7.99. The maximum Gasteiger partial charge on any atom is 0.236 e.